The van der Waals surface area contributed by atoms with Crippen molar-refractivity contribution in [2.45, 2.75) is 19.4 Å². The molecule has 0 aliphatic heterocycles. The van der Waals surface area contributed by atoms with E-state index in [0.717, 1.165) is 6.07 Å². The molecule has 0 aliphatic rings. The van der Waals surface area contributed by atoms with Crippen molar-refractivity contribution in [2.24, 2.45) is 0 Å². The van der Waals surface area contributed by atoms with Gasteiger partial charge in [0.15, 0.2) is 29.7 Å². The fourth-order valence-electron chi connectivity index (χ4n) is 2.19. The van der Waals surface area contributed by atoms with Gasteiger partial charge in [-0.3, -0.25) is 9.59 Å². The Bertz CT molecular complexity index is 984. The highest BCUT2D eigenvalue weighted by Gasteiger charge is 2.32. The molecule has 2 aromatic rings. The number of hydrogen-bond acceptors (Lipinski definition) is 5. The molecular weight excluding hydrogens is 441 g/mol. The van der Waals surface area contributed by atoms with Crippen LogP contribution >= 0.6 is 11.6 Å². The van der Waals surface area contributed by atoms with Crippen molar-refractivity contribution in [2.75, 3.05) is 18.5 Å². The zero-order chi connectivity index (χ0) is 23.2. The van der Waals surface area contributed by atoms with Gasteiger partial charge in [0.1, 0.15) is 5.75 Å². The van der Waals surface area contributed by atoms with Gasteiger partial charge in [0.25, 0.3) is 5.91 Å². The maximum Gasteiger partial charge on any atom is 0.350 e. The van der Waals surface area contributed by atoms with Gasteiger partial charge in [-0.2, -0.15) is 0 Å². The molecule has 0 radical (unpaired) electrons. The maximum atomic E-state index is 13.5. The van der Waals surface area contributed by atoms with Crippen LogP contribution in [0.15, 0.2) is 36.4 Å². The van der Waals surface area contributed by atoms with Gasteiger partial charge in [0, 0.05) is 5.02 Å². The van der Waals surface area contributed by atoms with E-state index in [1.807, 2.05) is 5.32 Å². The van der Waals surface area contributed by atoms with Gasteiger partial charge < -0.3 is 20.1 Å². The molecule has 0 saturated carbocycles. The van der Waals surface area contributed by atoms with Crippen molar-refractivity contribution < 1.29 is 37.0 Å². The number of ether oxygens (including phenoxy) is 2. The summed E-state index contributed by atoms with van der Waals surface area (Å²) in [5.74, 6) is -6.93. The molecule has 0 heterocycles. The molecule has 166 valence electrons. The molecular formula is C20H18ClF3N2O5. The fraction of sp³-hybridized carbons (Fsp3) is 0.250. The van der Waals surface area contributed by atoms with Crippen LogP contribution in [0.2, 0.25) is 5.02 Å². The van der Waals surface area contributed by atoms with Crippen LogP contribution in [0.4, 0.5) is 18.9 Å². The van der Waals surface area contributed by atoms with Crippen LogP contribution in [-0.2, 0) is 19.1 Å². The number of carbonyl (C=O) groups excluding carboxylic acids is 3. The topological polar surface area (TPSA) is 93.7 Å². The molecule has 2 aromatic carbocycles. The molecule has 11 heteroatoms. The van der Waals surface area contributed by atoms with Gasteiger partial charge in [-0.1, -0.05) is 11.6 Å². The van der Waals surface area contributed by atoms with Crippen LogP contribution in [0, 0.1) is 17.5 Å². The smallest absolute Gasteiger partial charge is 0.350 e. The largest absolute Gasteiger partial charge is 0.476 e. The number of rotatable bonds is 8. The third-order valence-corrected chi connectivity index (χ3v) is 4.02. The minimum Gasteiger partial charge on any atom is -0.476 e. The first kappa shape index (κ1) is 24.0. The van der Waals surface area contributed by atoms with Crippen LogP contribution in [-0.4, -0.2) is 36.5 Å². The second kappa shape index (κ2) is 10.2. The van der Waals surface area contributed by atoms with E-state index in [9.17, 15) is 27.6 Å². The molecule has 0 bridgehead atoms. The van der Waals surface area contributed by atoms with Crippen LogP contribution < -0.4 is 15.4 Å². The van der Waals surface area contributed by atoms with Crippen LogP contribution in [0.1, 0.15) is 13.8 Å². The molecule has 2 amide bonds. The molecule has 0 unspecified atom stereocenters. The summed E-state index contributed by atoms with van der Waals surface area (Å²) in [7, 11) is 0. The Morgan fingerprint density at radius 3 is 2.26 bits per heavy atom. The monoisotopic (exact) mass is 458 g/mol. The second-order valence-electron chi connectivity index (χ2n) is 6.69. The van der Waals surface area contributed by atoms with Crippen molar-refractivity contribution in [3.8, 4) is 5.75 Å². The van der Waals surface area contributed by atoms with Gasteiger partial charge >= 0.3 is 5.97 Å². The number of benzene rings is 2. The zero-order valence-corrected chi connectivity index (χ0v) is 17.2. The van der Waals surface area contributed by atoms with E-state index < -0.39 is 59.7 Å². The molecule has 31 heavy (non-hydrogen) atoms. The summed E-state index contributed by atoms with van der Waals surface area (Å²) in [4.78, 5) is 35.7. The highest BCUT2D eigenvalue weighted by Crippen LogP contribution is 2.22. The summed E-state index contributed by atoms with van der Waals surface area (Å²) in [5, 5.41) is 4.61. The molecule has 2 rings (SSSR count). The minimum absolute atomic E-state index is 0.358. The Kier molecular flexibility index (Phi) is 7.87. The van der Waals surface area contributed by atoms with E-state index in [1.165, 1.54) is 13.8 Å². The molecule has 2 N–H and O–H groups in total. The van der Waals surface area contributed by atoms with E-state index in [4.69, 9.17) is 21.1 Å². The number of hydrogen-bond donors (Lipinski definition) is 2. The van der Waals surface area contributed by atoms with E-state index in [1.54, 1.807) is 24.3 Å². The quantitative estimate of drug-likeness (QED) is 0.468. The first-order chi connectivity index (χ1) is 14.5. The average molecular weight is 459 g/mol. The van der Waals surface area contributed by atoms with E-state index in [-0.39, 0.29) is 0 Å². The number of halogens is 4. The Labute approximate surface area is 180 Å². The lowest BCUT2D eigenvalue weighted by Gasteiger charge is -2.24. The molecule has 0 atom stereocenters. The first-order valence-electron chi connectivity index (χ1n) is 8.81. The first-order valence-corrected chi connectivity index (χ1v) is 9.19. The summed E-state index contributed by atoms with van der Waals surface area (Å²) in [6.07, 6.45) is 0. The van der Waals surface area contributed by atoms with Gasteiger partial charge in [-0.25, -0.2) is 18.0 Å². The Morgan fingerprint density at radius 2 is 1.61 bits per heavy atom. The van der Waals surface area contributed by atoms with E-state index >= 15 is 0 Å². The summed E-state index contributed by atoms with van der Waals surface area (Å²) < 4.78 is 50.0. The molecule has 7 nitrogen and oxygen atoms in total. The predicted molar refractivity (Wildman–Crippen MR) is 105 cm³/mol. The summed E-state index contributed by atoms with van der Waals surface area (Å²) in [5.41, 5.74) is -2.01. The Hall–Kier alpha value is -3.27. The average Bonchev–Trinajstić information content (AvgIpc) is 2.72. The summed E-state index contributed by atoms with van der Waals surface area (Å²) in [6, 6.07) is 7.72. The lowest BCUT2D eigenvalue weighted by molar-refractivity contribution is -0.162. The molecule has 0 saturated heterocycles. The second-order valence-corrected chi connectivity index (χ2v) is 7.13. The Balaban J connectivity index is 1.79. The van der Waals surface area contributed by atoms with Crippen molar-refractivity contribution in [3.05, 3.63) is 58.9 Å². The molecule has 0 fully saturated rings. The van der Waals surface area contributed by atoms with Gasteiger partial charge in [0.05, 0.1) is 12.2 Å². The van der Waals surface area contributed by atoms with Crippen molar-refractivity contribution in [3.63, 3.8) is 0 Å². The van der Waals surface area contributed by atoms with Crippen LogP contribution in [0.5, 0.6) is 5.75 Å². The third kappa shape index (κ3) is 6.88. The van der Waals surface area contributed by atoms with Crippen LogP contribution in [0.3, 0.4) is 0 Å². The standard InChI is InChI=1S/C20H18ClF3N2O5/c1-20(2,31-12-5-3-11(21)4-6-12)19(29)30-10-16(28)25-9-15(27)26-14-8-7-13(22)17(23)18(14)24/h3-8H,9-10H2,1-2H3,(H,25,28)(H,26,27). The highest BCUT2D eigenvalue weighted by molar-refractivity contribution is 6.30. The molecule has 0 spiro atoms. The third-order valence-electron chi connectivity index (χ3n) is 3.77. The Morgan fingerprint density at radius 1 is 0.968 bits per heavy atom. The lowest BCUT2D eigenvalue weighted by Crippen LogP contribution is -2.42. The number of anilines is 1. The van der Waals surface area contributed by atoms with Crippen molar-refractivity contribution >= 4 is 35.1 Å². The highest BCUT2D eigenvalue weighted by atomic mass is 35.5. The van der Waals surface area contributed by atoms with E-state index in [2.05, 4.69) is 5.32 Å². The predicted octanol–water partition coefficient (Wildman–Crippen LogP) is 3.21. The van der Waals surface area contributed by atoms with Gasteiger partial charge in [-0.05, 0) is 50.2 Å². The number of amides is 2. The van der Waals surface area contributed by atoms with E-state index in [0.29, 0.717) is 16.8 Å². The minimum atomic E-state index is -1.74. The SMILES string of the molecule is CC(C)(Oc1ccc(Cl)cc1)C(=O)OCC(=O)NCC(=O)Nc1ccc(F)c(F)c1F. The fourth-order valence-corrected chi connectivity index (χ4v) is 2.32. The van der Waals surface area contributed by atoms with Crippen LogP contribution in [0.25, 0.3) is 0 Å². The number of nitrogens with one attached hydrogen (secondary N) is 2. The molecule has 0 aromatic heterocycles. The van der Waals surface area contributed by atoms with Crippen molar-refractivity contribution in [1.29, 1.82) is 0 Å². The maximum absolute atomic E-state index is 13.5. The zero-order valence-electron chi connectivity index (χ0n) is 16.4. The van der Waals surface area contributed by atoms with Gasteiger partial charge in [0.2, 0.25) is 5.91 Å². The van der Waals surface area contributed by atoms with Crippen molar-refractivity contribution in [1.82, 2.24) is 5.32 Å². The lowest BCUT2D eigenvalue weighted by atomic mass is 10.1. The molecule has 0 aliphatic carbocycles. The van der Waals surface area contributed by atoms with Gasteiger partial charge in [-0.15, -0.1) is 0 Å². The normalized spacial score (nSPS) is 10.9. The number of esters is 1. The number of carbonyl (C=O) groups is 3. The summed E-state index contributed by atoms with van der Waals surface area (Å²) in [6.45, 7) is 1.54. The summed E-state index contributed by atoms with van der Waals surface area (Å²) >= 11 is 5.78.